The van der Waals surface area contributed by atoms with Crippen molar-refractivity contribution in [1.29, 1.82) is 0 Å². The monoisotopic (exact) mass is 309 g/mol. The Bertz CT molecular complexity index is 404. The van der Waals surface area contributed by atoms with E-state index in [2.05, 4.69) is 12.2 Å². The predicted molar refractivity (Wildman–Crippen MR) is 88.7 cm³/mol. The summed E-state index contributed by atoms with van der Waals surface area (Å²) in [5.41, 5.74) is 0. The van der Waals surface area contributed by atoms with Gasteiger partial charge in [-0.1, -0.05) is 37.9 Å². The van der Waals surface area contributed by atoms with Gasteiger partial charge in [0.05, 0.1) is 17.8 Å². The fraction of sp³-hybridized carbons (Fsp3) is 0.875. The molecule has 0 aromatic carbocycles. The zero-order chi connectivity index (χ0) is 14.7. The molecule has 1 unspecified atom stereocenters. The van der Waals surface area contributed by atoms with Crippen molar-refractivity contribution in [2.45, 2.75) is 64.0 Å². The van der Waals surface area contributed by atoms with Gasteiger partial charge in [0.15, 0.2) is 5.17 Å². The molecule has 4 nitrogen and oxygen atoms in total. The summed E-state index contributed by atoms with van der Waals surface area (Å²) in [6, 6.07) is 1.01. The number of amidine groups is 1. The molecule has 2 heterocycles. The molecule has 118 valence electrons. The van der Waals surface area contributed by atoms with Crippen molar-refractivity contribution in [2.75, 3.05) is 18.8 Å². The highest BCUT2D eigenvalue weighted by atomic mass is 32.2. The van der Waals surface area contributed by atoms with Gasteiger partial charge in [0, 0.05) is 13.1 Å². The van der Waals surface area contributed by atoms with E-state index in [1.165, 1.54) is 44.9 Å². The zero-order valence-corrected chi connectivity index (χ0v) is 13.8. The quantitative estimate of drug-likeness (QED) is 0.871. The van der Waals surface area contributed by atoms with Crippen LogP contribution >= 0.6 is 11.8 Å². The third-order valence-electron chi connectivity index (χ3n) is 5.20. The Morgan fingerprint density at radius 1 is 1.29 bits per heavy atom. The van der Waals surface area contributed by atoms with Crippen LogP contribution in [0, 0.1) is 5.92 Å². The van der Waals surface area contributed by atoms with Crippen LogP contribution in [0.15, 0.2) is 4.99 Å². The van der Waals surface area contributed by atoms with Gasteiger partial charge in [-0.05, 0) is 31.6 Å². The average molecular weight is 309 g/mol. The largest absolute Gasteiger partial charge is 0.360 e. The van der Waals surface area contributed by atoms with Crippen LogP contribution in [0.3, 0.4) is 0 Å². The maximum atomic E-state index is 12.3. The second-order valence-electron chi connectivity index (χ2n) is 6.56. The Morgan fingerprint density at radius 3 is 2.76 bits per heavy atom. The number of piperidine rings is 1. The Balaban J connectivity index is 1.42. The molecule has 1 N–H and O–H groups in total. The molecule has 1 saturated carbocycles. The predicted octanol–water partition coefficient (Wildman–Crippen LogP) is 2.64. The van der Waals surface area contributed by atoms with Crippen molar-refractivity contribution in [1.82, 2.24) is 10.2 Å². The Kier molecular flexibility index (Phi) is 5.09. The zero-order valence-electron chi connectivity index (χ0n) is 13.0. The molecule has 1 amide bonds. The third-order valence-corrected chi connectivity index (χ3v) is 6.09. The number of carbonyl (C=O) groups excluding carboxylic acids is 1. The van der Waals surface area contributed by atoms with Crippen molar-refractivity contribution in [3.63, 3.8) is 0 Å². The van der Waals surface area contributed by atoms with Crippen molar-refractivity contribution >= 4 is 22.8 Å². The number of thioether (sulfide) groups is 1. The number of rotatable bonds is 3. The van der Waals surface area contributed by atoms with Gasteiger partial charge in [-0.2, -0.15) is 0 Å². The second-order valence-corrected chi connectivity index (χ2v) is 7.52. The van der Waals surface area contributed by atoms with Gasteiger partial charge in [-0.3, -0.25) is 9.79 Å². The minimum atomic E-state index is 0.286. The van der Waals surface area contributed by atoms with E-state index in [-0.39, 0.29) is 5.91 Å². The average Bonchev–Trinajstić information content (AvgIpc) is 2.95. The minimum absolute atomic E-state index is 0.286. The molecule has 2 atom stereocenters. The van der Waals surface area contributed by atoms with E-state index in [1.807, 2.05) is 4.90 Å². The summed E-state index contributed by atoms with van der Waals surface area (Å²) in [6.07, 6.45) is 8.66. The van der Waals surface area contributed by atoms with Crippen molar-refractivity contribution < 1.29 is 4.79 Å². The highest BCUT2D eigenvalue weighted by molar-refractivity contribution is 8.14. The SMILES string of the molecule is CCC1CCN(C(=O)CSC2=N[C@H]3CCCCC3N2)CC1. The summed E-state index contributed by atoms with van der Waals surface area (Å²) in [5, 5.41) is 4.51. The summed E-state index contributed by atoms with van der Waals surface area (Å²) in [5.74, 6) is 1.65. The van der Waals surface area contributed by atoms with E-state index in [0.717, 1.165) is 24.2 Å². The summed E-state index contributed by atoms with van der Waals surface area (Å²) in [4.78, 5) is 19.1. The van der Waals surface area contributed by atoms with Gasteiger partial charge in [0.25, 0.3) is 0 Å². The Morgan fingerprint density at radius 2 is 2.05 bits per heavy atom. The van der Waals surface area contributed by atoms with Crippen LogP contribution in [0.25, 0.3) is 0 Å². The Labute approximate surface area is 132 Å². The smallest absolute Gasteiger partial charge is 0.233 e. The van der Waals surface area contributed by atoms with Gasteiger partial charge in [0.1, 0.15) is 0 Å². The summed E-state index contributed by atoms with van der Waals surface area (Å²) in [6.45, 7) is 4.15. The molecule has 1 aliphatic carbocycles. The number of hydrogen-bond acceptors (Lipinski definition) is 4. The standard InChI is InChI=1S/C16H27N3OS/c1-2-12-7-9-19(10-8-12)15(20)11-21-16-17-13-5-3-4-6-14(13)18-16/h12-14H,2-11H2,1H3,(H,17,18)/t13-,14?/m0/s1. The molecule has 21 heavy (non-hydrogen) atoms. The van der Waals surface area contributed by atoms with E-state index in [9.17, 15) is 4.79 Å². The molecule has 5 heteroatoms. The number of aliphatic imine (C=N–C) groups is 1. The topological polar surface area (TPSA) is 44.7 Å². The maximum absolute atomic E-state index is 12.3. The lowest BCUT2D eigenvalue weighted by atomic mass is 9.92. The number of nitrogens with zero attached hydrogens (tertiary/aromatic N) is 2. The van der Waals surface area contributed by atoms with Crippen LogP contribution in [0.1, 0.15) is 51.9 Å². The van der Waals surface area contributed by atoms with Crippen molar-refractivity contribution in [3.05, 3.63) is 0 Å². The van der Waals surface area contributed by atoms with Crippen LogP contribution in [0.2, 0.25) is 0 Å². The summed E-state index contributed by atoms with van der Waals surface area (Å²) < 4.78 is 0. The normalized spacial score (nSPS) is 29.8. The molecule has 3 aliphatic rings. The van der Waals surface area contributed by atoms with E-state index in [1.54, 1.807) is 11.8 Å². The first-order chi connectivity index (χ1) is 10.3. The fourth-order valence-corrected chi connectivity index (χ4v) is 4.56. The number of amides is 1. The van der Waals surface area contributed by atoms with Gasteiger partial charge in [-0.25, -0.2) is 0 Å². The molecule has 0 aromatic heterocycles. The number of fused-ring (bicyclic) bond motifs is 1. The van der Waals surface area contributed by atoms with Crippen LogP contribution in [-0.2, 0) is 4.79 Å². The van der Waals surface area contributed by atoms with E-state index < -0.39 is 0 Å². The molecule has 2 fully saturated rings. The second kappa shape index (κ2) is 7.03. The highest BCUT2D eigenvalue weighted by Gasteiger charge is 2.31. The lowest BCUT2D eigenvalue weighted by Gasteiger charge is -2.31. The third kappa shape index (κ3) is 3.74. The van der Waals surface area contributed by atoms with Gasteiger partial charge in [-0.15, -0.1) is 0 Å². The molecule has 0 spiro atoms. The number of likely N-dealkylation sites (tertiary alicyclic amines) is 1. The maximum Gasteiger partial charge on any atom is 0.233 e. The first-order valence-electron chi connectivity index (χ1n) is 8.51. The van der Waals surface area contributed by atoms with Crippen LogP contribution in [0.4, 0.5) is 0 Å². The first-order valence-corrected chi connectivity index (χ1v) is 9.49. The van der Waals surface area contributed by atoms with Crippen LogP contribution < -0.4 is 5.32 Å². The lowest BCUT2D eigenvalue weighted by molar-refractivity contribution is -0.129. The number of hydrogen-bond donors (Lipinski definition) is 1. The molecule has 2 aliphatic heterocycles. The molecule has 3 rings (SSSR count). The molecule has 1 saturated heterocycles. The lowest BCUT2D eigenvalue weighted by Crippen LogP contribution is -2.40. The number of nitrogens with one attached hydrogen (secondary N) is 1. The van der Waals surface area contributed by atoms with Crippen molar-refractivity contribution in [2.24, 2.45) is 10.9 Å². The van der Waals surface area contributed by atoms with E-state index in [0.29, 0.717) is 17.8 Å². The van der Waals surface area contributed by atoms with Gasteiger partial charge >= 0.3 is 0 Å². The molecular weight excluding hydrogens is 282 g/mol. The minimum Gasteiger partial charge on any atom is -0.360 e. The Hall–Kier alpha value is -0.710. The van der Waals surface area contributed by atoms with Gasteiger partial charge in [0.2, 0.25) is 5.91 Å². The summed E-state index contributed by atoms with van der Waals surface area (Å²) in [7, 11) is 0. The molecule has 0 aromatic rings. The van der Waals surface area contributed by atoms with E-state index >= 15 is 0 Å². The van der Waals surface area contributed by atoms with Crippen LogP contribution in [-0.4, -0.2) is 46.9 Å². The van der Waals surface area contributed by atoms with E-state index in [4.69, 9.17) is 4.99 Å². The molecule has 0 radical (unpaired) electrons. The number of carbonyl (C=O) groups is 1. The van der Waals surface area contributed by atoms with Crippen molar-refractivity contribution in [3.8, 4) is 0 Å². The highest BCUT2D eigenvalue weighted by Crippen LogP contribution is 2.27. The fourth-order valence-electron chi connectivity index (χ4n) is 3.67. The molecular formula is C16H27N3OS. The summed E-state index contributed by atoms with van der Waals surface area (Å²) >= 11 is 1.61. The van der Waals surface area contributed by atoms with Gasteiger partial charge < -0.3 is 10.2 Å². The molecule has 0 bridgehead atoms. The van der Waals surface area contributed by atoms with Crippen LogP contribution in [0.5, 0.6) is 0 Å². The first kappa shape index (κ1) is 15.2.